The number of amides is 1. The zero-order valence-corrected chi connectivity index (χ0v) is 11.3. The van der Waals surface area contributed by atoms with Crippen LogP contribution in [0.5, 0.6) is 0 Å². The van der Waals surface area contributed by atoms with Crippen molar-refractivity contribution in [3.63, 3.8) is 0 Å². The molecule has 0 unspecified atom stereocenters. The lowest BCUT2D eigenvalue weighted by molar-refractivity contribution is -0.183. The molecular weight excluding hydrogens is 293 g/mol. The van der Waals surface area contributed by atoms with Gasteiger partial charge in [0.1, 0.15) is 0 Å². The van der Waals surface area contributed by atoms with Gasteiger partial charge >= 0.3 is 6.18 Å². The number of hydrogen-bond acceptors (Lipinski definition) is 2. The van der Waals surface area contributed by atoms with Crippen LogP contribution < -0.4 is 5.73 Å². The molecule has 7 heteroatoms. The number of piperidine rings is 1. The van der Waals surface area contributed by atoms with E-state index < -0.39 is 12.1 Å². The second-order valence-corrected chi connectivity index (χ2v) is 5.19. The predicted molar refractivity (Wildman–Crippen MR) is 70.5 cm³/mol. The minimum absolute atomic E-state index is 0.0742. The first-order valence-corrected chi connectivity index (χ1v) is 6.58. The Labute approximate surface area is 119 Å². The third-order valence-electron chi connectivity index (χ3n) is 3.50. The van der Waals surface area contributed by atoms with Gasteiger partial charge in [-0.25, -0.2) is 0 Å². The summed E-state index contributed by atoms with van der Waals surface area (Å²) in [7, 11) is 0. The van der Waals surface area contributed by atoms with E-state index in [4.69, 9.17) is 17.3 Å². The highest BCUT2D eigenvalue weighted by Gasteiger charge is 2.41. The summed E-state index contributed by atoms with van der Waals surface area (Å²) in [5, 5.41) is 0.149. The molecule has 0 radical (unpaired) electrons. The number of nitrogens with zero attached hydrogens (tertiary/aromatic N) is 1. The lowest BCUT2D eigenvalue weighted by atomic mass is 9.96. The van der Waals surface area contributed by atoms with Gasteiger partial charge in [0, 0.05) is 13.1 Å². The van der Waals surface area contributed by atoms with Crippen molar-refractivity contribution < 1.29 is 18.0 Å². The molecule has 0 spiro atoms. The summed E-state index contributed by atoms with van der Waals surface area (Å²) >= 11 is 5.96. The SMILES string of the molecule is Nc1cccc(C(=O)N2CCC(C(F)(F)F)CC2)c1Cl. The largest absolute Gasteiger partial charge is 0.398 e. The molecule has 20 heavy (non-hydrogen) atoms. The molecule has 0 saturated carbocycles. The standard InChI is InChI=1S/C13H14ClF3N2O/c14-11-9(2-1-3-10(11)18)12(20)19-6-4-8(5-7-19)13(15,16)17/h1-3,8H,4-7,18H2. The smallest absolute Gasteiger partial charge is 0.391 e. The topological polar surface area (TPSA) is 46.3 Å². The highest BCUT2D eigenvalue weighted by atomic mass is 35.5. The van der Waals surface area contributed by atoms with Gasteiger partial charge in [-0.15, -0.1) is 0 Å². The fourth-order valence-electron chi connectivity index (χ4n) is 2.30. The number of nitrogen functional groups attached to an aromatic ring is 1. The monoisotopic (exact) mass is 306 g/mol. The van der Waals surface area contributed by atoms with Gasteiger partial charge in [-0.3, -0.25) is 4.79 Å². The number of nitrogens with two attached hydrogens (primary N) is 1. The molecule has 2 N–H and O–H groups in total. The van der Waals surface area contributed by atoms with E-state index in [1.807, 2.05) is 0 Å². The van der Waals surface area contributed by atoms with E-state index in [0.717, 1.165) is 0 Å². The summed E-state index contributed by atoms with van der Waals surface area (Å²) in [6.45, 7) is 0.155. The molecule has 1 saturated heterocycles. The van der Waals surface area contributed by atoms with Crippen molar-refractivity contribution in [1.82, 2.24) is 4.90 Å². The number of rotatable bonds is 1. The Kier molecular flexibility index (Phi) is 4.13. The molecule has 1 aromatic rings. The fraction of sp³-hybridized carbons (Fsp3) is 0.462. The van der Waals surface area contributed by atoms with Crippen LogP contribution in [0.25, 0.3) is 0 Å². The number of likely N-dealkylation sites (tertiary alicyclic amines) is 1. The molecule has 3 nitrogen and oxygen atoms in total. The first kappa shape index (κ1) is 15.0. The Morgan fingerprint density at radius 1 is 1.30 bits per heavy atom. The van der Waals surface area contributed by atoms with Crippen LogP contribution in [-0.4, -0.2) is 30.1 Å². The first-order chi connectivity index (χ1) is 9.30. The van der Waals surface area contributed by atoms with Crippen molar-refractivity contribution in [2.24, 2.45) is 5.92 Å². The zero-order chi connectivity index (χ0) is 14.9. The van der Waals surface area contributed by atoms with Gasteiger partial charge in [-0.2, -0.15) is 13.2 Å². The van der Waals surface area contributed by atoms with Crippen molar-refractivity contribution >= 4 is 23.2 Å². The lowest BCUT2D eigenvalue weighted by Gasteiger charge is -2.33. The molecule has 1 fully saturated rings. The summed E-state index contributed by atoms with van der Waals surface area (Å²) in [5.41, 5.74) is 6.13. The van der Waals surface area contributed by atoms with Crippen molar-refractivity contribution in [3.05, 3.63) is 28.8 Å². The number of carbonyl (C=O) groups excluding carboxylic acids is 1. The van der Waals surface area contributed by atoms with Crippen LogP contribution in [-0.2, 0) is 0 Å². The first-order valence-electron chi connectivity index (χ1n) is 6.20. The summed E-state index contributed by atoms with van der Waals surface area (Å²) in [6.07, 6.45) is -4.34. The van der Waals surface area contributed by atoms with E-state index in [-0.39, 0.29) is 48.1 Å². The van der Waals surface area contributed by atoms with Crippen LogP contribution in [0, 0.1) is 5.92 Å². The highest BCUT2D eigenvalue weighted by Crippen LogP contribution is 2.35. The van der Waals surface area contributed by atoms with Crippen LogP contribution in [0.2, 0.25) is 5.02 Å². The predicted octanol–water partition coefficient (Wildman–Crippen LogP) is 3.34. The number of benzene rings is 1. The maximum Gasteiger partial charge on any atom is 0.391 e. The van der Waals surface area contributed by atoms with Crippen LogP contribution >= 0.6 is 11.6 Å². The Morgan fingerprint density at radius 2 is 1.90 bits per heavy atom. The zero-order valence-electron chi connectivity index (χ0n) is 10.6. The Morgan fingerprint density at radius 3 is 2.45 bits per heavy atom. The fourth-order valence-corrected chi connectivity index (χ4v) is 2.50. The van der Waals surface area contributed by atoms with Crippen LogP contribution in [0.15, 0.2) is 18.2 Å². The van der Waals surface area contributed by atoms with Gasteiger partial charge in [-0.05, 0) is 25.0 Å². The van der Waals surface area contributed by atoms with E-state index in [1.54, 1.807) is 12.1 Å². The van der Waals surface area contributed by atoms with Gasteiger partial charge in [-0.1, -0.05) is 17.7 Å². The summed E-state index contributed by atoms with van der Waals surface area (Å²) in [4.78, 5) is 13.6. The molecule has 0 aliphatic carbocycles. The van der Waals surface area contributed by atoms with E-state index in [1.165, 1.54) is 11.0 Å². The second kappa shape index (κ2) is 5.52. The van der Waals surface area contributed by atoms with E-state index in [9.17, 15) is 18.0 Å². The van der Waals surface area contributed by atoms with Crippen molar-refractivity contribution in [2.75, 3.05) is 18.8 Å². The minimum Gasteiger partial charge on any atom is -0.398 e. The minimum atomic E-state index is -4.19. The van der Waals surface area contributed by atoms with Crippen LogP contribution in [0.1, 0.15) is 23.2 Å². The molecule has 1 aliphatic heterocycles. The summed E-state index contributed by atoms with van der Waals surface area (Å²) in [6, 6.07) is 4.68. The maximum atomic E-state index is 12.6. The number of hydrogen-bond donors (Lipinski definition) is 1. The highest BCUT2D eigenvalue weighted by molar-refractivity contribution is 6.36. The van der Waals surface area contributed by atoms with Crippen molar-refractivity contribution in [3.8, 4) is 0 Å². The Hall–Kier alpha value is -1.43. The van der Waals surface area contributed by atoms with Crippen molar-refractivity contribution in [1.29, 1.82) is 0 Å². The molecule has 1 aromatic carbocycles. The molecule has 1 amide bonds. The number of anilines is 1. The Bertz CT molecular complexity index is 511. The molecule has 1 aliphatic rings. The second-order valence-electron chi connectivity index (χ2n) is 4.82. The molecule has 1 heterocycles. The molecule has 0 atom stereocenters. The number of halogens is 4. The lowest BCUT2D eigenvalue weighted by Crippen LogP contribution is -2.42. The van der Waals surface area contributed by atoms with Gasteiger partial charge in [0.25, 0.3) is 5.91 Å². The number of carbonyl (C=O) groups is 1. The van der Waals surface area contributed by atoms with Gasteiger partial charge in [0.15, 0.2) is 0 Å². The van der Waals surface area contributed by atoms with Crippen molar-refractivity contribution in [2.45, 2.75) is 19.0 Å². The summed E-state index contributed by atoms with van der Waals surface area (Å²) in [5.74, 6) is -1.70. The van der Waals surface area contributed by atoms with E-state index >= 15 is 0 Å². The quantitative estimate of drug-likeness (QED) is 0.809. The molecule has 0 aromatic heterocycles. The van der Waals surface area contributed by atoms with Gasteiger partial charge in [0.2, 0.25) is 0 Å². The van der Waals surface area contributed by atoms with Gasteiger partial charge < -0.3 is 10.6 Å². The third-order valence-corrected chi connectivity index (χ3v) is 3.93. The van der Waals surface area contributed by atoms with E-state index in [2.05, 4.69) is 0 Å². The molecule has 110 valence electrons. The molecular formula is C13H14ClF3N2O. The summed E-state index contributed by atoms with van der Waals surface area (Å²) < 4.78 is 37.7. The van der Waals surface area contributed by atoms with Crippen LogP contribution in [0.3, 0.4) is 0 Å². The third kappa shape index (κ3) is 3.00. The average Bonchev–Trinajstić information content (AvgIpc) is 2.40. The maximum absolute atomic E-state index is 12.6. The van der Waals surface area contributed by atoms with E-state index in [0.29, 0.717) is 0 Å². The molecule has 0 bridgehead atoms. The number of alkyl halides is 3. The van der Waals surface area contributed by atoms with Gasteiger partial charge in [0.05, 0.1) is 22.2 Å². The average molecular weight is 307 g/mol. The van der Waals surface area contributed by atoms with Crippen LogP contribution in [0.4, 0.5) is 18.9 Å². The Balaban J connectivity index is 2.07. The molecule has 2 rings (SSSR count). The normalized spacial score (nSPS) is 17.3.